The fraction of sp³-hybridized carbons (Fsp3) is 0.0159. The number of anilines is 6. The average Bonchev–Trinajstić information content (AvgIpc) is 3.72. The summed E-state index contributed by atoms with van der Waals surface area (Å²) in [7, 11) is 0. The van der Waals surface area contributed by atoms with Crippen molar-refractivity contribution in [3.8, 4) is 27.9 Å². The highest BCUT2D eigenvalue weighted by Gasteiger charge is 2.21. The lowest BCUT2D eigenvalue weighted by Gasteiger charge is -2.28. The van der Waals surface area contributed by atoms with E-state index in [0.29, 0.717) is 0 Å². The van der Waals surface area contributed by atoms with Crippen LogP contribution in [0.4, 0.5) is 34.1 Å². The van der Waals surface area contributed by atoms with Gasteiger partial charge in [0.25, 0.3) is 0 Å². The van der Waals surface area contributed by atoms with Gasteiger partial charge in [-0.2, -0.15) is 0 Å². The lowest BCUT2D eigenvalue weighted by molar-refractivity contribution is 1.18. The first kappa shape index (κ1) is 39.0. The summed E-state index contributed by atoms with van der Waals surface area (Å²) >= 11 is 0. The maximum absolute atomic E-state index is 2.43. The van der Waals surface area contributed by atoms with E-state index in [4.69, 9.17) is 0 Å². The summed E-state index contributed by atoms with van der Waals surface area (Å²) in [6.07, 6.45) is 0. The monoisotopic (exact) mass is 843 g/mol. The van der Waals surface area contributed by atoms with Gasteiger partial charge in [-0.15, -0.1) is 0 Å². The second-order valence-corrected chi connectivity index (χ2v) is 17.0. The molecule has 12 rings (SSSR count). The van der Waals surface area contributed by atoms with E-state index in [9.17, 15) is 0 Å². The second kappa shape index (κ2) is 16.5. The smallest absolute Gasteiger partial charge is 0.0542 e. The number of rotatable bonds is 9. The van der Waals surface area contributed by atoms with Gasteiger partial charge in [-0.1, -0.05) is 175 Å². The molecule has 0 bridgehead atoms. The number of hydrogen-bond acceptors (Lipinski definition) is 2. The number of aromatic nitrogens is 1. The summed E-state index contributed by atoms with van der Waals surface area (Å²) in [5.74, 6) is 0. The van der Waals surface area contributed by atoms with Crippen LogP contribution >= 0.6 is 0 Å². The maximum atomic E-state index is 2.43. The summed E-state index contributed by atoms with van der Waals surface area (Å²) in [6, 6.07) is 92.6. The molecule has 1 aromatic heterocycles. The Balaban J connectivity index is 0.998. The first-order chi connectivity index (χ1) is 32.7. The summed E-state index contributed by atoms with van der Waals surface area (Å²) in [6.45, 7) is 2.14. The Morgan fingerprint density at radius 1 is 0.303 bits per heavy atom. The molecule has 66 heavy (non-hydrogen) atoms. The van der Waals surface area contributed by atoms with Crippen molar-refractivity contribution in [2.45, 2.75) is 6.92 Å². The van der Waals surface area contributed by atoms with Crippen molar-refractivity contribution < 1.29 is 0 Å². The van der Waals surface area contributed by atoms with Gasteiger partial charge in [0.05, 0.1) is 22.4 Å². The number of hydrogen-bond donors (Lipinski definition) is 0. The highest BCUT2D eigenvalue weighted by molar-refractivity contribution is 6.12. The number of benzene rings is 11. The van der Waals surface area contributed by atoms with Gasteiger partial charge < -0.3 is 14.4 Å². The molecule has 0 unspecified atom stereocenters. The van der Waals surface area contributed by atoms with E-state index >= 15 is 0 Å². The van der Waals surface area contributed by atoms with Gasteiger partial charge in [0.2, 0.25) is 0 Å². The molecule has 0 radical (unpaired) electrons. The van der Waals surface area contributed by atoms with E-state index in [1.54, 1.807) is 0 Å². The molecule has 0 aliphatic heterocycles. The van der Waals surface area contributed by atoms with Crippen LogP contribution < -0.4 is 9.80 Å². The predicted octanol–water partition coefficient (Wildman–Crippen LogP) is 17.7. The molecule has 0 fully saturated rings. The minimum absolute atomic E-state index is 1.09. The van der Waals surface area contributed by atoms with E-state index in [0.717, 1.165) is 45.4 Å². The Bertz CT molecular complexity index is 3680. The van der Waals surface area contributed by atoms with E-state index in [-0.39, 0.29) is 0 Å². The van der Waals surface area contributed by atoms with Crippen LogP contribution in [-0.4, -0.2) is 4.57 Å². The van der Waals surface area contributed by atoms with Crippen LogP contribution in [0.2, 0.25) is 0 Å². The molecular formula is C63H45N3. The molecule has 0 atom stereocenters. The standard InChI is InChI=1S/C63H45N3/c1-44-27-33-50(34-28-44)64(60-26-14-18-47-17-8-9-21-55(47)60)51-37-31-48(32-38-51)54-40-42-62(57-23-11-10-22-56(54)57)65(52-35-29-46(30-36-52)45-15-4-2-5-16-45)53-39-41-63-59(43-53)58-24-12-13-25-61(58)66(63)49-19-6-3-7-20-49/h2-43H,1H3. The first-order valence-corrected chi connectivity index (χ1v) is 22.7. The molecule has 11 aromatic carbocycles. The molecule has 0 aliphatic carbocycles. The molecular weight excluding hydrogens is 799 g/mol. The molecule has 3 nitrogen and oxygen atoms in total. The quantitative estimate of drug-likeness (QED) is 0.143. The van der Waals surface area contributed by atoms with Gasteiger partial charge >= 0.3 is 0 Å². The van der Waals surface area contributed by atoms with Crippen molar-refractivity contribution in [2.24, 2.45) is 0 Å². The molecule has 1 heterocycles. The van der Waals surface area contributed by atoms with Gasteiger partial charge in [-0.25, -0.2) is 0 Å². The molecule has 0 N–H and O–H groups in total. The molecule has 0 aliphatic rings. The normalized spacial score (nSPS) is 11.4. The molecule has 312 valence electrons. The van der Waals surface area contributed by atoms with Crippen molar-refractivity contribution >= 4 is 77.5 Å². The largest absolute Gasteiger partial charge is 0.310 e. The first-order valence-electron chi connectivity index (χ1n) is 22.7. The third-order valence-corrected chi connectivity index (χ3v) is 13.0. The number of aryl methyl sites for hydroxylation is 1. The fourth-order valence-electron chi connectivity index (χ4n) is 9.86. The van der Waals surface area contributed by atoms with Crippen molar-refractivity contribution in [3.63, 3.8) is 0 Å². The van der Waals surface area contributed by atoms with Crippen molar-refractivity contribution in [1.29, 1.82) is 0 Å². The minimum Gasteiger partial charge on any atom is -0.310 e. The zero-order valence-electron chi connectivity index (χ0n) is 36.6. The van der Waals surface area contributed by atoms with Crippen LogP contribution in [0.5, 0.6) is 0 Å². The molecule has 12 aromatic rings. The molecule has 0 saturated heterocycles. The van der Waals surface area contributed by atoms with Gasteiger partial charge in [0.1, 0.15) is 0 Å². The van der Waals surface area contributed by atoms with Crippen LogP contribution in [-0.2, 0) is 0 Å². The van der Waals surface area contributed by atoms with Crippen molar-refractivity contribution in [3.05, 3.63) is 260 Å². The van der Waals surface area contributed by atoms with Crippen LogP contribution in [0.3, 0.4) is 0 Å². The average molecular weight is 844 g/mol. The lowest BCUT2D eigenvalue weighted by atomic mass is 9.95. The highest BCUT2D eigenvalue weighted by Crippen LogP contribution is 2.45. The molecule has 0 spiro atoms. The van der Waals surface area contributed by atoms with Crippen molar-refractivity contribution in [2.75, 3.05) is 9.80 Å². The van der Waals surface area contributed by atoms with Crippen molar-refractivity contribution in [1.82, 2.24) is 4.57 Å². The van der Waals surface area contributed by atoms with E-state index in [1.165, 1.54) is 65.6 Å². The van der Waals surface area contributed by atoms with Gasteiger partial charge in [0, 0.05) is 50.0 Å². The summed E-state index contributed by atoms with van der Waals surface area (Å²) in [4.78, 5) is 4.81. The third kappa shape index (κ3) is 6.86. The summed E-state index contributed by atoms with van der Waals surface area (Å²) in [5.41, 5.74) is 16.2. The van der Waals surface area contributed by atoms with Gasteiger partial charge in [-0.3, -0.25) is 0 Å². The Kier molecular flexibility index (Phi) is 9.73. The maximum Gasteiger partial charge on any atom is 0.0542 e. The Hall–Kier alpha value is -8.66. The minimum atomic E-state index is 1.09. The Morgan fingerprint density at radius 3 is 1.53 bits per heavy atom. The van der Waals surface area contributed by atoms with Gasteiger partial charge in [0.15, 0.2) is 0 Å². The Morgan fingerprint density at radius 2 is 0.803 bits per heavy atom. The molecule has 3 heteroatoms. The van der Waals surface area contributed by atoms with Gasteiger partial charge in [-0.05, 0) is 125 Å². The zero-order chi connectivity index (χ0) is 44.0. The highest BCUT2D eigenvalue weighted by atomic mass is 15.1. The number of para-hydroxylation sites is 2. The van der Waals surface area contributed by atoms with Crippen LogP contribution in [0.15, 0.2) is 255 Å². The third-order valence-electron chi connectivity index (χ3n) is 13.0. The second-order valence-electron chi connectivity index (χ2n) is 17.0. The SMILES string of the molecule is Cc1ccc(N(c2ccc(-c3ccc(N(c4ccc(-c5ccccc5)cc4)c4ccc5c(c4)c4ccccc4n5-c4ccccc4)c4ccccc34)cc2)c2cccc3ccccc23)cc1. The van der Waals surface area contributed by atoms with E-state index in [1.807, 2.05) is 0 Å². The van der Waals surface area contributed by atoms with Crippen LogP contribution in [0.25, 0.3) is 71.3 Å². The fourth-order valence-corrected chi connectivity index (χ4v) is 9.86. The van der Waals surface area contributed by atoms with Crippen LogP contribution in [0, 0.1) is 6.92 Å². The van der Waals surface area contributed by atoms with E-state index < -0.39 is 0 Å². The van der Waals surface area contributed by atoms with E-state index in [2.05, 4.69) is 276 Å². The topological polar surface area (TPSA) is 11.4 Å². The molecule has 0 amide bonds. The number of fused-ring (bicyclic) bond motifs is 5. The lowest BCUT2D eigenvalue weighted by Crippen LogP contribution is -2.11. The number of nitrogens with zero attached hydrogens (tertiary/aromatic N) is 3. The molecule has 0 saturated carbocycles. The predicted molar refractivity (Wildman–Crippen MR) is 281 cm³/mol. The summed E-state index contributed by atoms with van der Waals surface area (Å²) in [5, 5.41) is 7.24. The summed E-state index contributed by atoms with van der Waals surface area (Å²) < 4.78 is 2.38. The van der Waals surface area contributed by atoms with Crippen LogP contribution in [0.1, 0.15) is 5.56 Å². The zero-order valence-corrected chi connectivity index (χ0v) is 36.6. The Labute approximate surface area is 385 Å².